The maximum Gasteiger partial charge on any atom is 0.314 e. The fraction of sp³-hybridized carbons (Fsp3) is 0.333. The molecule has 0 fully saturated rings. The van der Waals surface area contributed by atoms with Gasteiger partial charge in [-0.25, -0.2) is 4.68 Å². The van der Waals surface area contributed by atoms with Crippen LogP contribution in [0.15, 0.2) is 30.6 Å². The number of tetrazole rings is 1. The zero-order valence-electron chi connectivity index (χ0n) is 10.3. The molecule has 1 unspecified atom stereocenters. The van der Waals surface area contributed by atoms with Crippen LogP contribution in [-0.4, -0.2) is 26.2 Å². The molecule has 0 amide bonds. The normalized spacial score (nSPS) is 12.1. The summed E-state index contributed by atoms with van der Waals surface area (Å²) in [6.07, 6.45) is 2.27. The van der Waals surface area contributed by atoms with Crippen molar-refractivity contribution in [2.45, 2.75) is 20.3 Å². The number of ether oxygens (including phenoxy) is 1. The highest BCUT2D eigenvalue weighted by Gasteiger charge is 2.12. The highest BCUT2D eigenvalue weighted by molar-refractivity contribution is 5.74. The van der Waals surface area contributed by atoms with Crippen LogP contribution in [0.4, 0.5) is 0 Å². The van der Waals surface area contributed by atoms with E-state index in [1.165, 1.54) is 11.0 Å². The Hall–Kier alpha value is -2.24. The molecule has 2 aromatic rings. The number of carbonyl (C=O) groups excluding carboxylic acids is 1. The smallest absolute Gasteiger partial charge is 0.314 e. The fourth-order valence-corrected chi connectivity index (χ4v) is 1.33. The molecule has 0 saturated heterocycles. The van der Waals surface area contributed by atoms with Gasteiger partial charge < -0.3 is 4.74 Å². The third-order valence-electron chi connectivity index (χ3n) is 2.68. The van der Waals surface area contributed by atoms with Crippen LogP contribution in [0, 0.1) is 5.92 Å². The van der Waals surface area contributed by atoms with E-state index in [0.717, 1.165) is 12.1 Å². The Kier molecular flexibility index (Phi) is 3.66. The van der Waals surface area contributed by atoms with Gasteiger partial charge in [-0.1, -0.05) is 13.8 Å². The number of hydrogen-bond donors (Lipinski definition) is 0. The molecule has 1 aromatic carbocycles. The van der Waals surface area contributed by atoms with Crippen molar-refractivity contribution in [2.75, 3.05) is 0 Å². The molecule has 1 aromatic heterocycles. The maximum absolute atomic E-state index is 11.6. The highest BCUT2D eigenvalue weighted by atomic mass is 16.5. The van der Waals surface area contributed by atoms with Crippen molar-refractivity contribution in [1.29, 1.82) is 0 Å². The van der Waals surface area contributed by atoms with Crippen molar-refractivity contribution in [3.05, 3.63) is 30.6 Å². The topological polar surface area (TPSA) is 69.9 Å². The molecular weight excluding hydrogens is 232 g/mol. The Balaban J connectivity index is 2.06. The van der Waals surface area contributed by atoms with Gasteiger partial charge in [0.2, 0.25) is 0 Å². The van der Waals surface area contributed by atoms with Gasteiger partial charge in [-0.3, -0.25) is 4.79 Å². The van der Waals surface area contributed by atoms with Crippen LogP contribution in [0.3, 0.4) is 0 Å². The minimum Gasteiger partial charge on any atom is -0.426 e. The van der Waals surface area contributed by atoms with E-state index in [-0.39, 0.29) is 11.9 Å². The number of nitrogens with zero attached hydrogens (tertiary/aromatic N) is 4. The van der Waals surface area contributed by atoms with E-state index in [0.29, 0.717) is 5.75 Å². The molecule has 2 rings (SSSR count). The first kappa shape index (κ1) is 12.2. The Morgan fingerprint density at radius 1 is 1.39 bits per heavy atom. The molecule has 1 atom stereocenters. The zero-order chi connectivity index (χ0) is 13.0. The lowest BCUT2D eigenvalue weighted by Gasteiger charge is -2.09. The molecule has 18 heavy (non-hydrogen) atoms. The predicted molar refractivity (Wildman–Crippen MR) is 64.2 cm³/mol. The van der Waals surface area contributed by atoms with E-state index in [4.69, 9.17) is 4.74 Å². The summed E-state index contributed by atoms with van der Waals surface area (Å²) in [6, 6.07) is 7.01. The summed E-state index contributed by atoms with van der Waals surface area (Å²) in [6.45, 7) is 3.80. The van der Waals surface area contributed by atoms with Crippen LogP contribution >= 0.6 is 0 Å². The minimum atomic E-state index is -0.215. The first-order valence-corrected chi connectivity index (χ1v) is 5.76. The SMILES string of the molecule is CCC(C)C(=O)Oc1ccc(-n2cnnn2)cc1. The van der Waals surface area contributed by atoms with Crippen LogP contribution in [-0.2, 0) is 4.79 Å². The molecule has 0 aliphatic rings. The summed E-state index contributed by atoms with van der Waals surface area (Å²) < 4.78 is 6.77. The quantitative estimate of drug-likeness (QED) is 0.605. The zero-order valence-corrected chi connectivity index (χ0v) is 10.3. The molecule has 6 heteroatoms. The molecule has 0 saturated carbocycles. The Bertz CT molecular complexity index is 507. The summed E-state index contributed by atoms with van der Waals surface area (Å²) in [4.78, 5) is 11.6. The molecule has 0 bridgehead atoms. The Morgan fingerprint density at radius 3 is 2.67 bits per heavy atom. The van der Waals surface area contributed by atoms with Crippen LogP contribution in [0.25, 0.3) is 5.69 Å². The first-order chi connectivity index (χ1) is 8.70. The third-order valence-corrected chi connectivity index (χ3v) is 2.68. The van der Waals surface area contributed by atoms with E-state index in [9.17, 15) is 4.79 Å². The number of rotatable bonds is 4. The van der Waals surface area contributed by atoms with Gasteiger partial charge >= 0.3 is 5.97 Å². The third kappa shape index (κ3) is 2.71. The fourth-order valence-electron chi connectivity index (χ4n) is 1.33. The van der Waals surface area contributed by atoms with Crippen molar-refractivity contribution in [2.24, 2.45) is 5.92 Å². The lowest BCUT2D eigenvalue weighted by molar-refractivity contribution is -0.138. The summed E-state index contributed by atoms with van der Waals surface area (Å²) in [7, 11) is 0. The first-order valence-electron chi connectivity index (χ1n) is 5.76. The van der Waals surface area contributed by atoms with Gasteiger partial charge in [0.25, 0.3) is 0 Å². The van der Waals surface area contributed by atoms with Gasteiger partial charge in [-0.2, -0.15) is 0 Å². The number of esters is 1. The molecule has 0 aliphatic carbocycles. The van der Waals surface area contributed by atoms with Crippen molar-refractivity contribution in [3.8, 4) is 11.4 Å². The average Bonchev–Trinajstić information content (AvgIpc) is 2.92. The largest absolute Gasteiger partial charge is 0.426 e. The van der Waals surface area contributed by atoms with Gasteiger partial charge in [-0.05, 0) is 41.1 Å². The molecule has 94 valence electrons. The molecular formula is C12H14N4O2. The van der Waals surface area contributed by atoms with Crippen molar-refractivity contribution < 1.29 is 9.53 Å². The van der Waals surface area contributed by atoms with Gasteiger partial charge in [0, 0.05) is 0 Å². The molecule has 0 radical (unpaired) electrons. The van der Waals surface area contributed by atoms with Crippen LogP contribution in [0.5, 0.6) is 5.75 Å². The average molecular weight is 246 g/mol. The molecule has 0 N–H and O–H groups in total. The van der Waals surface area contributed by atoms with E-state index in [1.807, 2.05) is 13.8 Å². The number of hydrogen-bond acceptors (Lipinski definition) is 5. The number of carbonyl (C=O) groups is 1. The summed E-state index contributed by atoms with van der Waals surface area (Å²) in [5, 5.41) is 10.9. The van der Waals surface area contributed by atoms with E-state index in [2.05, 4.69) is 15.5 Å². The molecule has 0 aliphatic heterocycles. The minimum absolute atomic E-state index is 0.0933. The second kappa shape index (κ2) is 5.39. The number of benzene rings is 1. The van der Waals surface area contributed by atoms with Crippen molar-refractivity contribution in [1.82, 2.24) is 20.2 Å². The molecule has 0 spiro atoms. The highest BCUT2D eigenvalue weighted by Crippen LogP contribution is 2.16. The maximum atomic E-state index is 11.6. The Labute approximate surface area is 105 Å². The number of aromatic nitrogens is 4. The van der Waals surface area contributed by atoms with Crippen LogP contribution in [0.1, 0.15) is 20.3 Å². The van der Waals surface area contributed by atoms with E-state index < -0.39 is 0 Å². The second-order valence-electron chi connectivity index (χ2n) is 3.98. The van der Waals surface area contributed by atoms with Gasteiger partial charge in [0.1, 0.15) is 12.1 Å². The summed E-state index contributed by atoms with van der Waals surface area (Å²) in [5.74, 6) is 0.217. The monoisotopic (exact) mass is 246 g/mol. The van der Waals surface area contributed by atoms with E-state index in [1.54, 1.807) is 24.3 Å². The standard InChI is InChI=1S/C12H14N4O2/c1-3-9(2)12(17)18-11-6-4-10(5-7-11)16-8-13-14-15-16/h4-9H,3H2,1-2H3. The lowest BCUT2D eigenvalue weighted by Crippen LogP contribution is -2.16. The van der Waals surface area contributed by atoms with E-state index >= 15 is 0 Å². The summed E-state index contributed by atoms with van der Waals surface area (Å²) in [5.41, 5.74) is 0.809. The van der Waals surface area contributed by atoms with Gasteiger partial charge in [-0.15, -0.1) is 5.10 Å². The Morgan fingerprint density at radius 2 is 2.11 bits per heavy atom. The van der Waals surface area contributed by atoms with Gasteiger partial charge in [0.05, 0.1) is 11.6 Å². The van der Waals surface area contributed by atoms with Crippen LogP contribution in [0.2, 0.25) is 0 Å². The van der Waals surface area contributed by atoms with Crippen molar-refractivity contribution >= 4 is 5.97 Å². The molecule has 1 heterocycles. The van der Waals surface area contributed by atoms with Crippen molar-refractivity contribution in [3.63, 3.8) is 0 Å². The van der Waals surface area contributed by atoms with Crippen LogP contribution < -0.4 is 4.74 Å². The molecule has 6 nitrogen and oxygen atoms in total. The summed E-state index contributed by atoms with van der Waals surface area (Å²) >= 11 is 0. The van der Waals surface area contributed by atoms with Gasteiger partial charge in [0.15, 0.2) is 0 Å². The lowest BCUT2D eigenvalue weighted by atomic mass is 10.1. The second-order valence-corrected chi connectivity index (χ2v) is 3.98. The predicted octanol–water partition coefficient (Wildman–Crippen LogP) is 1.61.